The summed E-state index contributed by atoms with van der Waals surface area (Å²) in [5.74, 6) is 0.346. The molecule has 0 unspecified atom stereocenters. The van der Waals surface area contributed by atoms with E-state index in [0.29, 0.717) is 10.9 Å². The Morgan fingerprint density at radius 3 is 2.50 bits per heavy atom. The van der Waals surface area contributed by atoms with Gasteiger partial charge in [0.2, 0.25) is 0 Å². The van der Waals surface area contributed by atoms with Gasteiger partial charge in [0.15, 0.2) is 0 Å². The molecule has 3 aromatic rings. The summed E-state index contributed by atoms with van der Waals surface area (Å²) in [6.07, 6.45) is 10.3. The van der Waals surface area contributed by atoms with Crippen molar-refractivity contribution < 1.29 is 4.55 Å². The summed E-state index contributed by atoms with van der Waals surface area (Å²) >= 11 is 12.4. The smallest absolute Gasteiger partial charge is 0.148 e. The summed E-state index contributed by atoms with van der Waals surface area (Å²) in [6, 6.07) is 10.3. The topological polar surface area (TPSA) is 74.1 Å². The second-order valence-corrected chi connectivity index (χ2v) is 14.2. The molecule has 188 valence electrons. The van der Waals surface area contributed by atoms with Gasteiger partial charge in [-0.25, -0.2) is 9.97 Å². The fraction of sp³-hybridized carbons (Fsp3) is 0.407. The molecule has 9 heteroatoms. The molecular formula is C27H28Cl2N4OS2. The van der Waals surface area contributed by atoms with Gasteiger partial charge in [-0.3, -0.25) is 4.98 Å². The lowest BCUT2D eigenvalue weighted by Gasteiger charge is -2.37. The zero-order valence-corrected chi connectivity index (χ0v) is 23.6. The molecule has 0 bridgehead atoms. The minimum Gasteiger partial charge on any atom is -0.591 e. The highest BCUT2D eigenvalue weighted by Crippen LogP contribution is 2.51. The normalized spacial score (nSPS) is 23.7. The molecule has 0 saturated heterocycles. The van der Waals surface area contributed by atoms with E-state index in [4.69, 9.17) is 32.6 Å². The molecule has 2 aliphatic carbocycles. The van der Waals surface area contributed by atoms with Crippen LogP contribution in [0.5, 0.6) is 0 Å². The molecule has 5 nitrogen and oxygen atoms in total. The number of aromatic nitrogens is 3. The van der Waals surface area contributed by atoms with Crippen molar-refractivity contribution in [3.05, 3.63) is 75.9 Å². The Hall–Kier alpha value is -1.64. The minimum absolute atomic E-state index is 0.0539. The molecule has 0 radical (unpaired) electrons. The molecule has 1 spiro atoms. The van der Waals surface area contributed by atoms with Gasteiger partial charge in [0.05, 0.1) is 23.1 Å². The standard InChI is InChI=1S/C27H28Cl2N4OS2/c1-26(2,3)36(34)33-24-19-7-5-4-6-18(19)14-27(24)11-8-17(9-12-27)20-15-32-22(16-31-20)35-21-10-13-30-25(29)23(21)28/h4-7,10,13,15-17H,8-9,11-12,14H2,1-3H3/b33-24+/t17?,27?,36-/m1/s1. The van der Waals surface area contributed by atoms with Gasteiger partial charge in [-0.05, 0) is 64.5 Å². The van der Waals surface area contributed by atoms with E-state index in [1.165, 1.54) is 22.9 Å². The fourth-order valence-electron chi connectivity index (χ4n) is 5.07. The second-order valence-electron chi connectivity index (χ2n) is 10.5. The Balaban J connectivity index is 1.32. The van der Waals surface area contributed by atoms with Crippen molar-refractivity contribution in [2.45, 2.75) is 73.5 Å². The van der Waals surface area contributed by atoms with Crippen LogP contribution in [0.25, 0.3) is 0 Å². The second kappa shape index (κ2) is 10.3. The molecular weight excluding hydrogens is 531 g/mol. The van der Waals surface area contributed by atoms with Crippen LogP contribution in [0.4, 0.5) is 0 Å². The Bertz CT molecular complexity index is 1290. The summed E-state index contributed by atoms with van der Waals surface area (Å²) < 4.78 is 17.5. The molecule has 2 aliphatic rings. The summed E-state index contributed by atoms with van der Waals surface area (Å²) in [7, 11) is 0. The van der Waals surface area contributed by atoms with Gasteiger partial charge in [-0.15, -0.1) is 0 Å². The summed E-state index contributed by atoms with van der Waals surface area (Å²) in [5, 5.41) is 1.47. The quantitative estimate of drug-likeness (QED) is 0.245. The molecule has 0 amide bonds. The molecule has 2 aromatic heterocycles. The lowest BCUT2D eigenvalue weighted by molar-refractivity contribution is 0.264. The SMILES string of the molecule is CC(C)(C)[S@@+]([O-])/N=C1\c2ccccc2CC12CCC(c1cnc(Sc3ccnc(Cl)c3Cl)cn1)CC2. The number of hydrogen-bond donors (Lipinski definition) is 0. The summed E-state index contributed by atoms with van der Waals surface area (Å²) in [6.45, 7) is 5.94. The lowest BCUT2D eigenvalue weighted by Crippen LogP contribution is -2.36. The van der Waals surface area contributed by atoms with E-state index in [-0.39, 0.29) is 15.3 Å². The van der Waals surface area contributed by atoms with E-state index in [1.807, 2.05) is 33.0 Å². The summed E-state index contributed by atoms with van der Waals surface area (Å²) in [4.78, 5) is 14.2. The van der Waals surface area contributed by atoms with Gasteiger partial charge in [-0.1, -0.05) is 63.6 Å². The van der Waals surface area contributed by atoms with Crippen LogP contribution in [0, 0.1) is 5.41 Å². The Kier molecular flexibility index (Phi) is 7.40. The maximum absolute atomic E-state index is 13.0. The zero-order valence-electron chi connectivity index (χ0n) is 20.5. The minimum atomic E-state index is -1.29. The molecule has 0 aliphatic heterocycles. The third-order valence-corrected chi connectivity index (χ3v) is 10.3. The molecule has 1 fully saturated rings. The first-order valence-electron chi connectivity index (χ1n) is 12.1. The number of nitrogens with zero attached hydrogens (tertiary/aromatic N) is 4. The number of benzene rings is 1. The van der Waals surface area contributed by atoms with Crippen LogP contribution in [0.2, 0.25) is 10.2 Å². The molecule has 5 rings (SSSR count). The van der Waals surface area contributed by atoms with Crippen molar-refractivity contribution in [3.8, 4) is 0 Å². The van der Waals surface area contributed by atoms with Gasteiger partial charge in [0.1, 0.15) is 32.0 Å². The van der Waals surface area contributed by atoms with Crippen LogP contribution in [-0.2, 0) is 17.8 Å². The van der Waals surface area contributed by atoms with Gasteiger partial charge < -0.3 is 4.55 Å². The van der Waals surface area contributed by atoms with Crippen molar-refractivity contribution in [1.82, 2.24) is 15.0 Å². The van der Waals surface area contributed by atoms with Crippen molar-refractivity contribution >= 4 is 52.0 Å². The molecule has 1 saturated carbocycles. The lowest BCUT2D eigenvalue weighted by atomic mass is 9.67. The van der Waals surface area contributed by atoms with E-state index in [0.717, 1.165) is 53.4 Å². The Labute approximate surface area is 229 Å². The van der Waals surface area contributed by atoms with Crippen LogP contribution in [0.15, 0.2) is 63.2 Å². The number of hydrogen-bond acceptors (Lipinski definition) is 6. The monoisotopic (exact) mass is 558 g/mol. The maximum atomic E-state index is 13.0. The van der Waals surface area contributed by atoms with Crippen LogP contribution in [0.1, 0.15) is 69.2 Å². The first-order chi connectivity index (χ1) is 17.2. The van der Waals surface area contributed by atoms with E-state index >= 15 is 0 Å². The van der Waals surface area contributed by atoms with E-state index in [2.05, 4.69) is 34.2 Å². The van der Waals surface area contributed by atoms with Crippen LogP contribution < -0.4 is 0 Å². The highest BCUT2D eigenvalue weighted by atomic mass is 35.5. The predicted octanol–water partition coefficient (Wildman–Crippen LogP) is 7.48. The van der Waals surface area contributed by atoms with Gasteiger partial charge in [0, 0.05) is 28.0 Å². The van der Waals surface area contributed by atoms with Crippen molar-refractivity contribution in [1.29, 1.82) is 0 Å². The number of pyridine rings is 1. The average molecular weight is 560 g/mol. The molecule has 0 N–H and O–H groups in total. The predicted molar refractivity (Wildman–Crippen MR) is 149 cm³/mol. The molecule has 36 heavy (non-hydrogen) atoms. The van der Waals surface area contributed by atoms with Crippen LogP contribution in [-0.4, -0.2) is 30.0 Å². The Morgan fingerprint density at radius 1 is 1.06 bits per heavy atom. The highest BCUT2D eigenvalue weighted by Gasteiger charge is 2.47. The third kappa shape index (κ3) is 5.18. The van der Waals surface area contributed by atoms with Crippen molar-refractivity contribution in [3.63, 3.8) is 0 Å². The largest absolute Gasteiger partial charge is 0.591 e. The number of fused-ring (bicyclic) bond motifs is 1. The van der Waals surface area contributed by atoms with Gasteiger partial charge in [-0.2, -0.15) is 0 Å². The Morgan fingerprint density at radius 2 is 1.81 bits per heavy atom. The van der Waals surface area contributed by atoms with E-state index < -0.39 is 11.4 Å². The molecule has 1 atom stereocenters. The molecule has 1 aromatic carbocycles. The van der Waals surface area contributed by atoms with Crippen LogP contribution in [0.3, 0.4) is 0 Å². The molecule has 2 heterocycles. The fourth-order valence-corrected chi connectivity index (χ4v) is 6.99. The highest BCUT2D eigenvalue weighted by molar-refractivity contribution is 7.99. The van der Waals surface area contributed by atoms with E-state index in [1.54, 1.807) is 12.4 Å². The summed E-state index contributed by atoms with van der Waals surface area (Å²) in [5.41, 5.74) is 4.49. The maximum Gasteiger partial charge on any atom is 0.148 e. The van der Waals surface area contributed by atoms with Crippen LogP contribution >= 0.6 is 35.0 Å². The van der Waals surface area contributed by atoms with E-state index in [9.17, 15) is 4.55 Å². The third-order valence-electron chi connectivity index (χ3n) is 7.04. The number of rotatable bonds is 4. The van der Waals surface area contributed by atoms with Crippen molar-refractivity contribution in [2.24, 2.45) is 9.81 Å². The van der Waals surface area contributed by atoms with Gasteiger partial charge in [0.25, 0.3) is 0 Å². The van der Waals surface area contributed by atoms with Crippen molar-refractivity contribution in [2.75, 3.05) is 0 Å². The zero-order chi connectivity index (χ0) is 25.5. The average Bonchev–Trinajstić information content (AvgIpc) is 3.15. The van der Waals surface area contributed by atoms with Gasteiger partial charge >= 0.3 is 0 Å². The first-order valence-corrected chi connectivity index (χ1v) is 14.7. The number of halogens is 2. The first kappa shape index (κ1) is 26.0.